The molecule has 90 valence electrons. The quantitative estimate of drug-likeness (QED) is 0.791. The van der Waals surface area contributed by atoms with Gasteiger partial charge in [-0.25, -0.2) is 4.98 Å². The van der Waals surface area contributed by atoms with Gasteiger partial charge in [-0.1, -0.05) is 40.7 Å². The van der Waals surface area contributed by atoms with Crippen LogP contribution in [0.15, 0.2) is 18.2 Å². The third-order valence-corrected chi connectivity index (χ3v) is 1.81. The number of aryl methyl sites for hydroxylation is 1. The molecule has 1 aromatic rings. The number of amides is 1. The van der Waals surface area contributed by atoms with Crippen molar-refractivity contribution < 1.29 is 4.79 Å². The van der Waals surface area contributed by atoms with Gasteiger partial charge in [-0.3, -0.25) is 4.79 Å². The molecule has 0 atom stereocenters. The molecule has 1 N–H and O–H groups in total. The second-order valence-electron chi connectivity index (χ2n) is 4.37. The number of carbonyl (C=O) groups is 1. The summed E-state index contributed by atoms with van der Waals surface area (Å²) in [5.41, 5.74) is 0.516. The fourth-order valence-electron chi connectivity index (χ4n) is 0.916. The molecule has 1 heterocycles. The minimum atomic E-state index is -0.384. The van der Waals surface area contributed by atoms with Crippen LogP contribution in [0.3, 0.4) is 0 Å². The van der Waals surface area contributed by atoms with Gasteiger partial charge in [0.2, 0.25) is 5.91 Å². The SMILES string of the molecule is CC.Cc1cccc(NC(=O)C(C)(C)C)n1. The van der Waals surface area contributed by atoms with Crippen molar-refractivity contribution in [3.8, 4) is 0 Å². The van der Waals surface area contributed by atoms with Crippen LogP contribution in [0.2, 0.25) is 0 Å². The highest BCUT2D eigenvalue weighted by atomic mass is 16.2. The van der Waals surface area contributed by atoms with Crippen molar-refractivity contribution >= 4 is 11.7 Å². The molecule has 1 aromatic heterocycles. The summed E-state index contributed by atoms with van der Waals surface area (Å²) in [4.78, 5) is 15.8. The highest BCUT2D eigenvalue weighted by Crippen LogP contribution is 2.16. The smallest absolute Gasteiger partial charge is 0.230 e. The molecule has 3 heteroatoms. The lowest BCUT2D eigenvalue weighted by atomic mass is 9.96. The van der Waals surface area contributed by atoms with Crippen LogP contribution >= 0.6 is 0 Å². The van der Waals surface area contributed by atoms with Crippen molar-refractivity contribution in [3.63, 3.8) is 0 Å². The molecule has 0 aromatic carbocycles. The second-order valence-corrected chi connectivity index (χ2v) is 4.37. The normalized spacial score (nSPS) is 10.1. The van der Waals surface area contributed by atoms with Crippen molar-refractivity contribution in [2.75, 3.05) is 5.32 Å². The fraction of sp³-hybridized carbons (Fsp3) is 0.538. The number of hydrogen-bond donors (Lipinski definition) is 1. The first kappa shape index (κ1) is 14.6. The summed E-state index contributed by atoms with van der Waals surface area (Å²) in [6.07, 6.45) is 0. The molecule has 3 nitrogen and oxygen atoms in total. The first-order chi connectivity index (χ1) is 7.39. The molecule has 0 aliphatic carbocycles. The first-order valence-corrected chi connectivity index (χ1v) is 5.65. The van der Waals surface area contributed by atoms with Gasteiger partial charge in [0.1, 0.15) is 5.82 Å². The lowest BCUT2D eigenvalue weighted by Gasteiger charge is -2.17. The van der Waals surface area contributed by atoms with E-state index in [1.807, 2.05) is 53.7 Å². The molecular weight excluding hydrogens is 200 g/mol. The number of nitrogens with one attached hydrogen (secondary N) is 1. The largest absolute Gasteiger partial charge is 0.310 e. The maximum Gasteiger partial charge on any atom is 0.230 e. The van der Waals surface area contributed by atoms with Crippen LogP contribution in [-0.2, 0) is 4.79 Å². The Kier molecular flexibility index (Phi) is 5.72. The van der Waals surface area contributed by atoms with E-state index < -0.39 is 0 Å². The van der Waals surface area contributed by atoms with Crippen LogP contribution in [0.4, 0.5) is 5.82 Å². The zero-order valence-electron chi connectivity index (χ0n) is 11.1. The van der Waals surface area contributed by atoms with E-state index in [4.69, 9.17) is 0 Å². The Morgan fingerprint density at radius 1 is 1.25 bits per heavy atom. The number of nitrogens with zero attached hydrogens (tertiary/aromatic N) is 1. The lowest BCUT2D eigenvalue weighted by Crippen LogP contribution is -2.28. The van der Waals surface area contributed by atoms with E-state index >= 15 is 0 Å². The van der Waals surface area contributed by atoms with Gasteiger partial charge in [0.25, 0.3) is 0 Å². The van der Waals surface area contributed by atoms with Crippen LogP contribution < -0.4 is 5.32 Å². The number of pyridine rings is 1. The summed E-state index contributed by atoms with van der Waals surface area (Å²) in [6.45, 7) is 11.5. The molecule has 1 amide bonds. The zero-order chi connectivity index (χ0) is 12.8. The van der Waals surface area contributed by atoms with Gasteiger partial charge >= 0.3 is 0 Å². The predicted molar refractivity (Wildman–Crippen MR) is 68.4 cm³/mol. The standard InChI is InChI=1S/C11H16N2O.C2H6/c1-8-6-5-7-9(12-8)13-10(14)11(2,3)4;1-2/h5-7H,1-4H3,(H,12,13,14);1-2H3. The van der Waals surface area contributed by atoms with Crippen molar-refractivity contribution in [3.05, 3.63) is 23.9 Å². The molecular formula is C13H22N2O. The van der Waals surface area contributed by atoms with Gasteiger partial charge in [-0.2, -0.15) is 0 Å². The highest BCUT2D eigenvalue weighted by molar-refractivity contribution is 5.93. The Hall–Kier alpha value is -1.38. The summed E-state index contributed by atoms with van der Waals surface area (Å²) < 4.78 is 0. The third kappa shape index (κ3) is 4.91. The molecule has 0 saturated carbocycles. The van der Waals surface area contributed by atoms with Crippen molar-refractivity contribution in [2.45, 2.75) is 41.5 Å². The Labute approximate surface area is 98.3 Å². The average molecular weight is 222 g/mol. The van der Waals surface area contributed by atoms with E-state index in [1.54, 1.807) is 6.07 Å². The average Bonchev–Trinajstić information content (AvgIpc) is 2.19. The van der Waals surface area contributed by atoms with Crippen LogP contribution in [-0.4, -0.2) is 10.9 Å². The maximum atomic E-state index is 11.6. The topological polar surface area (TPSA) is 42.0 Å². The lowest BCUT2D eigenvalue weighted by molar-refractivity contribution is -0.123. The molecule has 0 spiro atoms. The maximum absolute atomic E-state index is 11.6. The van der Waals surface area contributed by atoms with Gasteiger partial charge in [-0.15, -0.1) is 0 Å². The summed E-state index contributed by atoms with van der Waals surface area (Å²) in [5, 5.41) is 2.77. The molecule has 16 heavy (non-hydrogen) atoms. The Balaban J connectivity index is 0.00000106. The monoisotopic (exact) mass is 222 g/mol. The van der Waals surface area contributed by atoms with E-state index in [-0.39, 0.29) is 11.3 Å². The first-order valence-electron chi connectivity index (χ1n) is 5.65. The van der Waals surface area contributed by atoms with E-state index in [0.717, 1.165) is 5.69 Å². The highest BCUT2D eigenvalue weighted by Gasteiger charge is 2.21. The van der Waals surface area contributed by atoms with E-state index in [1.165, 1.54) is 0 Å². The Bertz CT molecular complexity index is 340. The molecule has 0 aliphatic heterocycles. The summed E-state index contributed by atoms with van der Waals surface area (Å²) in [7, 11) is 0. The van der Waals surface area contributed by atoms with Crippen LogP contribution in [0.25, 0.3) is 0 Å². The predicted octanol–water partition coefficient (Wildman–Crippen LogP) is 3.40. The van der Waals surface area contributed by atoms with E-state index in [2.05, 4.69) is 10.3 Å². The molecule has 0 aliphatic rings. The minimum Gasteiger partial charge on any atom is -0.310 e. The van der Waals surface area contributed by atoms with Crippen LogP contribution in [0.5, 0.6) is 0 Å². The van der Waals surface area contributed by atoms with E-state index in [0.29, 0.717) is 5.82 Å². The third-order valence-electron chi connectivity index (χ3n) is 1.81. The van der Waals surface area contributed by atoms with Gasteiger partial charge in [0.15, 0.2) is 0 Å². The van der Waals surface area contributed by atoms with Crippen LogP contribution in [0, 0.1) is 12.3 Å². The van der Waals surface area contributed by atoms with Gasteiger partial charge in [0.05, 0.1) is 0 Å². The summed E-state index contributed by atoms with van der Waals surface area (Å²) in [5.74, 6) is 0.598. The van der Waals surface area contributed by atoms with Crippen molar-refractivity contribution in [1.29, 1.82) is 0 Å². The fourth-order valence-corrected chi connectivity index (χ4v) is 0.916. The molecule has 0 fully saturated rings. The number of aromatic nitrogens is 1. The van der Waals surface area contributed by atoms with E-state index in [9.17, 15) is 4.79 Å². The minimum absolute atomic E-state index is 0.0180. The Morgan fingerprint density at radius 2 is 1.81 bits per heavy atom. The van der Waals surface area contributed by atoms with Crippen molar-refractivity contribution in [2.24, 2.45) is 5.41 Å². The van der Waals surface area contributed by atoms with Crippen LogP contribution in [0.1, 0.15) is 40.3 Å². The second kappa shape index (κ2) is 6.26. The number of rotatable bonds is 1. The van der Waals surface area contributed by atoms with Gasteiger partial charge in [0, 0.05) is 11.1 Å². The molecule has 0 unspecified atom stereocenters. The van der Waals surface area contributed by atoms with Gasteiger partial charge in [-0.05, 0) is 19.1 Å². The molecule has 0 bridgehead atoms. The number of carbonyl (C=O) groups excluding carboxylic acids is 1. The molecule has 1 rings (SSSR count). The number of anilines is 1. The zero-order valence-corrected chi connectivity index (χ0v) is 11.1. The summed E-state index contributed by atoms with van der Waals surface area (Å²) >= 11 is 0. The van der Waals surface area contributed by atoms with Crippen molar-refractivity contribution in [1.82, 2.24) is 4.98 Å². The van der Waals surface area contributed by atoms with Gasteiger partial charge < -0.3 is 5.32 Å². The number of hydrogen-bond acceptors (Lipinski definition) is 2. The molecule has 0 saturated heterocycles. The Morgan fingerprint density at radius 3 is 2.25 bits per heavy atom. The summed E-state index contributed by atoms with van der Waals surface area (Å²) in [6, 6.07) is 5.56. The molecule has 0 radical (unpaired) electrons.